The van der Waals surface area contributed by atoms with Crippen LogP contribution in [0.5, 0.6) is 0 Å². The molecule has 0 aliphatic heterocycles. The first-order valence-corrected chi connectivity index (χ1v) is 7.12. The quantitative estimate of drug-likeness (QED) is 0.669. The molecule has 0 amide bonds. The average molecular weight is 324 g/mol. The zero-order valence-electron chi connectivity index (χ0n) is 9.98. The molecular formula is C13H14BrN3S. The van der Waals surface area contributed by atoms with Crippen molar-refractivity contribution in [2.75, 3.05) is 11.9 Å². The summed E-state index contributed by atoms with van der Waals surface area (Å²) in [5.74, 6) is 0.102. The van der Waals surface area contributed by atoms with Gasteiger partial charge in [0.1, 0.15) is 5.84 Å². The number of nitrogens with zero attached hydrogens (tertiary/aromatic N) is 1. The molecule has 18 heavy (non-hydrogen) atoms. The van der Waals surface area contributed by atoms with Crippen LogP contribution >= 0.6 is 27.3 Å². The van der Waals surface area contributed by atoms with Gasteiger partial charge in [-0.1, -0.05) is 12.1 Å². The van der Waals surface area contributed by atoms with Crippen LogP contribution in [0.3, 0.4) is 0 Å². The normalized spacial score (nSPS) is 10.3. The van der Waals surface area contributed by atoms with Gasteiger partial charge in [-0.2, -0.15) is 0 Å². The van der Waals surface area contributed by atoms with Gasteiger partial charge in [0.05, 0.1) is 6.54 Å². The largest absolute Gasteiger partial charge is 0.384 e. The molecule has 3 N–H and O–H groups in total. The summed E-state index contributed by atoms with van der Waals surface area (Å²) in [7, 11) is 2.01. The highest BCUT2D eigenvalue weighted by Crippen LogP contribution is 2.25. The van der Waals surface area contributed by atoms with Crippen LogP contribution < -0.4 is 10.6 Å². The predicted molar refractivity (Wildman–Crippen MR) is 81.6 cm³/mol. The Morgan fingerprint density at radius 1 is 1.44 bits per heavy atom. The summed E-state index contributed by atoms with van der Waals surface area (Å²) in [6.07, 6.45) is 0. The van der Waals surface area contributed by atoms with E-state index in [2.05, 4.69) is 32.3 Å². The minimum Gasteiger partial charge on any atom is -0.384 e. The van der Waals surface area contributed by atoms with Crippen LogP contribution in [-0.4, -0.2) is 12.9 Å². The van der Waals surface area contributed by atoms with E-state index in [1.54, 1.807) is 11.3 Å². The third-order valence-electron chi connectivity index (χ3n) is 2.62. The van der Waals surface area contributed by atoms with Crippen molar-refractivity contribution < 1.29 is 0 Å². The molecule has 94 valence electrons. The van der Waals surface area contributed by atoms with Crippen LogP contribution in [0.1, 0.15) is 10.4 Å². The summed E-state index contributed by atoms with van der Waals surface area (Å²) in [5, 5.41) is 9.67. The van der Waals surface area contributed by atoms with Crippen LogP contribution in [0.25, 0.3) is 0 Å². The maximum Gasteiger partial charge on any atom is 0.124 e. The number of anilines is 1. The molecule has 0 saturated carbocycles. The zero-order chi connectivity index (χ0) is 13.1. The van der Waals surface area contributed by atoms with E-state index >= 15 is 0 Å². The molecule has 3 nitrogen and oxygen atoms in total. The van der Waals surface area contributed by atoms with Crippen molar-refractivity contribution in [1.29, 1.82) is 5.41 Å². The van der Waals surface area contributed by atoms with Crippen LogP contribution in [-0.2, 0) is 6.54 Å². The molecule has 2 rings (SSSR count). The summed E-state index contributed by atoms with van der Waals surface area (Å²) >= 11 is 5.17. The maximum atomic E-state index is 7.60. The van der Waals surface area contributed by atoms with Gasteiger partial charge in [-0.3, -0.25) is 5.41 Å². The Hall–Kier alpha value is -1.33. The van der Waals surface area contributed by atoms with E-state index in [1.807, 2.05) is 31.3 Å². The number of benzene rings is 1. The summed E-state index contributed by atoms with van der Waals surface area (Å²) in [6.45, 7) is 0.806. The Labute approximate surface area is 119 Å². The van der Waals surface area contributed by atoms with Crippen molar-refractivity contribution in [3.63, 3.8) is 0 Å². The first kappa shape index (κ1) is 13.1. The fraction of sp³-hybridized carbons (Fsp3) is 0.154. The van der Waals surface area contributed by atoms with Gasteiger partial charge in [-0.15, -0.1) is 11.3 Å². The topological polar surface area (TPSA) is 53.1 Å². The Balaban J connectivity index is 2.23. The van der Waals surface area contributed by atoms with Gasteiger partial charge in [-0.25, -0.2) is 0 Å². The van der Waals surface area contributed by atoms with E-state index in [9.17, 15) is 0 Å². The van der Waals surface area contributed by atoms with Gasteiger partial charge in [0.2, 0.25) is 0 Å². The molecule has 0 aliphatic carbocycles. The van der Waals surface area contributed by atoms with Crippen molar-refractivity contribution in [2.24, 2.45) is 5.73 Å². The Bertz CT molecular complexity index is 565. The number of para-hydroxylation sites is 1. The van der Waals surface area contributed by atoms with E-state index in [0.717, 1.165) is 22.3 Å². The predicted octanol–water partition coefficient (Wildman–Crippen LogP) is 3.43. The van der Waals surface area contributed by atoms with E-state index in [4.69, 9.17) is 11.1 Å². The number of thiophene rings is 1. The molecule has 0 bridgehead atoms. The molecule has 2 aromatic rings. The number of rotatable bonds is 4. The van der Waals surface area contributed by atoms with E-state index in [-0.39, 0.29) is 5.84 Å². The van der Waals surface area contributed by atoms with Crippen LogP contribution in [0.2, 0.25) is 0 Å². The van der Waals surface area contributed by atoms with Gasteiger partial charge in [-0.05, 0) is 34.1 Å². The lowest BCUT2D eigenvalue weighted by Crippen LogP contribution is -2.21. The summed E-state index contributed by atoms with van der Waals surface area (Å²) in [4.78, 5) is 3.37. The minimum atomic E-state index is 0.102. The molecule has 1 aromatic carbocycles. The van der Waals surface area contributed by atoms with Crippen LogP contribution in [0.15, 0.2) is 40.2 Å². The third-order valence-corrected chi connectivity index (χ3v) is 4.30. The lowest BCUT2D eigenvalue weighted by molar-refractivity contribution is 0.938. The number of nitrogens with two attached hydrogens (primary N) is 1. The Morgan fingerprint density at radius 2 is 2.17 bits per heavy atom. The first-order valence-electron chi connectivity index (χ1n) is 5.45. The monoisotopic (exact) mass is 323 g/mol. The van der Waals surface area contributed by atoms with E-state index in [0.29, 0.717) is 0 Å². The zero-order valence-corrected chi connectivity index (χ0v) is 12.4. The molecule has 0 spiro atoms. The highest BCUT2D eigenvalue weighted by molar-refractivity contribution is 9.10. The molecule has 0 aliphatic rings. The summed E-state index contributed by atoms with van der Waals surface area (Å²) in [5.41, 5.74) is 7.36. The molecule has 1 aromatic heterocycles. The van der Waals surface area contributed by atoms with Crippen molar-refractivity contribution >= 4 is 38.8 Å². The van der Waals surface area contributed by atoms with E-state index < -0.39 is 0 Å². The van der Waals surface area contributed by atoms with Crippen molar-refractivity contribution in [3.8, 4) is 0 Å². The average Bonchev–Trinajstić information content (AvgIpc) is 2.74. The third kappa shape index (κ3) is 2.91. The molecule has 1 heterocycles. The SMILES string of the molecule is CN(Cc1cc(Br)cs1)c1ccccc1C(=N)N. The lowest BCUT2D eigenvalue weighted by atomic mass is 10.1. The standard InChI is InChI=1S/C13H14BrN3S/c1-17(7-10-6-9(14)8-18-10)12-5-3-2-4-11(12)13(15)16/h2-6,8H,7H2,1H3,(H3,15,16). The fourth-order valence-electron chi connectivity index (χ4n) is 1.79. The van der Waals surface area contributed by atoms with Crippen molar-refractivity contribution in [1.82, 2.24) is 0 Å². The Kier molecular flexibility index (Phi) is 4.04. The van der Waals surface area contributed by atoms with Gasteiger partial charge < -0.3 is 10.6 Å². The number of amidine groups is 1. The van der Waals surface area contributed by atoms with Gasteiger partial charge >= 0.3 is 0 Å². The lowest BCUT2D eigenvalue weighted by Gasteiger charge is -2.21. The second-order valence-corrected chi connectivity index (χ2v) is 5.93. The van der Waals surface area contributed by atoms with Gasteiger partial charge in [0.15, 0.2) is 0 Å². The smallest absolute Gasteiger partial charge is 0.124 e. The minimum absolute atomic E-state index is 0.102. The van der Waals surface area contributed by atoms with Gasteiger partial charge in [0.25, 0.3) is 0 Å². The number of nitrogen functional groups attached to an aromatic ring is 1. The number of hydrogen-bond acceptors (Lipinski definition) is 3. The number of nitrogens with one attached hydrogen (secondary N) is 1. The molecule has 0 radical (unpaired) electrons. The molecule has 5 heteroatoms. The molecule has 0 atom stereocenters. The molecule has 0 saturated heterocycles. The first-order chi connectivity index (χ1) is 8.58. The van der Waals surface area contributed by atoms with Crippen molar-refractivity contribution in [3.05, 3.63) is 50.6 Å². The second kappa shape index (κ2) is 5.54. The molecule has 0 fully saturated rings. The fourth-order valence-corrected chi connectivity index (χ4v) is 3.29. The highest BCUT2D eigenvalue weighted by atomic mass is 79.9. The molecular weight excluding hydrogens is 310 g/mol. The Morgan fingerprint density at radius 3 is 2.78 bits per heavy atom. The second-order valence-electron chi connectivity index (χ2n) is 4.02. The molecule has 0 unspecified atom stereocenters. The van der Waals surface area contributed by atoms with Gasteiger partial charge in [0, 0.05) is 33.0 Å². The summed E-state index contributed by atoms with van der Waals surface area (Å²) in [6, 6.07) is 9.83. The maximum absolute atomic E-state index is 7.60. The van der Waals surface area contributed by atoms with Crippen molar-refractivity contribution in [2.45, 2.75) is 6.54 Å². The summed E-state index contributed by atoms with van der Waals surface area (Å²) < 4.78 is 1.11. The van der Waals surface area contributed by atoms with Crippen LogP contribution in [0, 0.1) is 5.41 Å². The van der Waals surface area contributed by atoms with E-state index in [1.165, 1.54) is 4.88 Å². The van der Waals surface area contributed by atoms with Crippen LogP contribution in [0.4, 0.5) is 5.69 Å². The number of hydrogen-bond donors (Lipinski definition) is 2. The number of halogens is 1. The highest BCUT2D eigenvalue weighted by Gasteiger charge is 2.10.